The Morgan fingerprint density at radius 3 is 2.24 bits per heavy atom. The molecule has 2 aromatic carbocycles. The normalized spacial score (nSPS) is 20.2. The molecule has 0 N–H and O–H groups in total. The summed E-state index contributed by atoms with van der Waals surface area (Å²) in [5.41, 5.74) is 2.81. The molecule has 132 valence electrons. The van der Waals surface area contributed by atoms with Gasteiger partial charge in [0.05, 0.1) is 0 Å². The molecule has 0 bridgehead atoms. The van der Waals surface area contributed by atoms with Gasteiger partial charge in [-0.2, -0.15) is 0 Å². The molecule has 0 heterocycles. The molecule has 1 aliphatic carbocycles. The first kappa shape index (κ1) is 18.2. The molecule has 25 heavy (non-hydrogen) atoms. The van der Waals surface area contributed by atoms with E-state index in [2.05, 4.69) is 52.3 Å². The Morgan fingerprint density at radius 1 is 1.00 bits per heavy atom. The minimum absolute atomic E-state index is 0.265. The SMILES string of the molecule is CC(=O)Oc1ccc(C2CCC(CCc3ccc(Br)cc3)CC2)cc1. The van der Waals surface area contributed by atoms with E-state index in [4.69, 9.17) is 4.74 Å². The van der Waals surface area contributed by atoms with E-state index in [-0.39, 0.29) is 5.97 Å². The summed E-state index contributed by atoms with van der Waals surface area (Å²) in [4.78, 5) is 11.0. The summed E-state index contributed by atoms with van der Waals surface area (Å²) in [5, 5.41) is 0. The maximum Gasteiger partial charge on any atom is 0.308 e. The van der Waals surface area contributed by atoms with Gasteiger partial charge in [0.2, 0.25) is 0 Å². The standard InChI is InChI=1S/C22H25BrO2/c1-16(24)25-22-14-10-20(11-15-22)19-8-4-17(5-9-19)2-3-18-6-12-21(23)13-7-18/h6-7,10-15,17,19H,2-5,8-9H2,1H3. The Morgan fingerprint density at radius 2 is 1.64 bits per heavy atom. The van der Waals surface area contributed by atoms with E-state index < -0.39 is 0 Å². The van der Waals surface area contributed by atoms with Gasteiger partial charge in [0.1, 0.15) is 5.75 Å². The predicted octanol–water partition coefficient (Wildman–Crippen LogP) is 6.28. The highest BCUT2D eigenvalue weighted by Gasteiger charge is 2.22. The third-order valence-corrected chi connectivity index (χ3v) is 5.74. The second kappa shape index (κ2) is 8.66. The maximum atomic E-state index is 11.0. The van der Waals surface area contributed by atoms with E-state index in [0.29, 0.717) is 11.7 Å². The molecule has 3 rings (SSSR count). The van der Waals surface area contributed by atoms with Gasteiger partial charge in [-0.25, -0.2) is 0 Å². The second-order valence-corrected chi connectivity index (χ2v) is 7.96. The van der Waals surface area contributed by atoms with Crippen LogP contribution in [0.15, 0.2) is 53.0 Å². The van der Waals surface area contributed by atoms with Gasteiger partial charge in [-0.1, -0.05) is 40.2 Å². The van der Waals surface area contributed by atoms with Crippen LogP contribution in [0.5, 0.6) is 5.75 Å². The van der Waals surface area contributed by atoms with Gasteiger partial charge in [0.15, 0.2) is 0 Å². The number of halogens is 1. The average Bonchev–Trinajstić information content (AvgIpc) is 2.62. The fourth-order valence-corrected chi connectivity index (χ4v) is 4.04. The minimum atomic E-state index is -0.265. The molecule has 0 saturated heterocycles. The summed E-state index contributed by atoms with van der Waals surface area (Å²) in [6, 6.07) is 16.8. The van der Waals surface area contributed by atoms with Gasteiger partial charge in [0, 0.05) is 11.4 Å². The molecule has 0 radical (unpaired) electrons. The van der Waals surface area contributed by atoms with Crippen LogP contribution >= 0.6 is 15.9 Å². The predicted molar refractivity (Wildman–Crippen MR) is 105 cm³/mol. The summed E-state index contributed by atoms with van der Waals surface area (Å²) in [6.07, 6.45) is 7.62. The van der Waals surface area contributed by atoms with Crippen molar-refractivity contribution in [2.24, 2.45) is 5.92 Å². The maximum absolute atomic E-state index is 11.0. The molecule has 0 aromatic heterocycles. The third-order valence-electron chi connectivity index (χ3n) is 5.21. The Hall–Kier alpha value is -1.61. The summed E-state index contributed by atoms with van der Waals surface area (Å²) in [7, 11) is 0. The van der Waals surface area contributed by atoms with Crippen molar-refractivity contribution in [2.75, 3.05) is 0 Å². The van der Waals surface area contributed by atoms with Crippen LogP contribution in [-0.4, -0.2) is 5.97 Å². The molecule has 0 amide bonds. The third kappa shape index (κ3) is 5.43. The lowest BCUT2D eigenvalue weighted by Crippen LogP contribution is -2.14. The zero-order valence-corrected chi connectivity index (χ0v) is 16.3. The number of hydrogen-bond donors (Lipinski definition) is 0. The van der Waals surface area contributed by atoms with E-state index in [1.54, 1.807) is 0 Å². The zero-order chi connectivity index (χ0) is 17.6. The monoisotopic (exact) mass is 400 g/mol. The van der Waals surface area contributed by atoms with E-state index in [1.807, 2.05) is 12.1 Å². The van der Waals surface area contributed by atoms with Gasteiger partial charge in [-0.3, -0.25) is 4.79 Å². The van der Waals surface area contributed by atoms with Crippen LogP contribution in [0.1, 0.15) is 56.1 Å². The van der Waals surface area contributed by atoms with Crippen LogP contribution in [0.2, 0.25) is 0 Å². The largest absolute Gasteiger partial charge is 0.427 e. The van der Waals surface area contributed by atoms with Crippen molar-refractivity contribution in [3.05, 3.63) is 64.1 Å². The van der Waals surface area contributed by atoms with Gasteiger partial charge < -0.3 is 4.74 Å². The number of carbonyl (C=O) groups is 1. The van der Waals surface area contributed by atoms with Crippen LogP contribution in [0, 0.1) is 5.92 Å². The molecular formula is C22H25BrO2. The molecule has 0 aliphatic heterocycles. The summed E-state index contributed by atoms with van der Waals surface area (Å²) in [5.74, 6) is 1.87. The first-order valence-electron chi connectivity index (χ1n) is 9.13. The highest BCUT2D eigenvalue weighted by atomic mass is 79.9. The van der Waals surface area contributed by atoms with Gasteiger partial charge in [-0.15, -0.1) is 0 Å². The van der Waals surface area contributed by atoms with E-state index >= 15 is 0 Å². The molecule has 0 unspecified atom stereocenters. The fourth-order valence-electron chi connectivity index (χ4n) is 3.78. The van der Waals surface area contributed by atoms with Crippen LogP contribution < -0.4 is 4.74 Å². The minimum Gasteiger partial charge on any atom is -0.427 e. The van der Waals surface area contributed by atoms with E-state index in [9.17, 15) is 4.79 Å². The van der Waals surface area contributed by atoms with Gasteiger partial charge >= 0.3 is 5.97 Å². The lowest BCUT2D eigenvalue weighted by Gasteiger charge is -2.29. The molecule has 1 aliphatic rings. The van der Waals surface area contributed by atoms with Crippen LogP contribution in [0.3, 0.4) is 0 Å². The van der Waals surface area contributed by atoms with E-state index in [0.717, 1.165) is 10.4 Å². The van der Waals surface area contributed by atoms with Crippen molar-refractivity contribution >= 4 is 21.9 Å². The van der Waals surface area contributed by atoms with E-state index in [1.165, 1.54) is 56.6 Å². The van der Waals surface area contributed by atoms with Crippen molar-refractivity contribution in [3.63, 3.8) is 0 Å². The Balaban J connectivity index is 1.46. The average molecular weight is 401 g/mol. The Labute approximate surface area is 158 Å². The number of ether oxygens (including phenoxy) is 1. The highest BCUT2D eigenvalue weighted by molar-refractivity contribution is 9.10. The van der Waals surface area contributed by atoms with Crippen LogP contribution in [0.25, 0.3) is 0 Å². The van der Waals surface area contributed by atoms with Gasteiger partial charge in [-0.05, 0) is 85.8 Å². The molecular weight excluding hydrogens is 376 g/mol. The quantitative estimate of drug-likeness (QED) is 0.435. The lowest BCUT2D eigenvalue weighted by atomic mass is 9.77. The van der Waals surface area contributed by atoms with Crippen LogP contribution in [-0.2, 0) is 11.2 Å². The molecule has 0 spiro atoms. The number of hydrogen-bond acceptors (Lipinski definition) is 2. The molecule has 3 heteroatoms. The number of aryl methyl sites for hydroxylation is 1. The van der Waals surface area contributed by atoms with Crippen LogP contribution in [0.4, 0.5) is 0 Å². The topological polar surface area (TPSA) is 26.3 Å². The summed E-state index contributed by atoms with van der Waals surface area (Å²) < 4.78 is 6.26. The van der Waals surface area contributed by atoms with Crippen molar-refractivity contribution in [1.29, 1.82) is 0 Å². The van der Waals surface area contributed by atoms with Crippen molar-refractivity contribution < 1.29 is 9.53 Å². The van der Waals surface area contributed by atoms with Gasteiger partial charge in [0.25, 0.3) is 0 Å². The fraction of sp³-hybridized carbons (Fsp3) is 0.409. The summed E-state index contributed by atoms with van der Waals surface area (Å²) in [6.45, 7) is 1.43. The zero-order valence-electron chi connectivity index (χ0n) is 14.7. The summed E-state index contributed by atoms with van der Waals surface area (Å²) >= 11 is 3.49. The van der Waals surface area contributed by atoms with Crippen molar-refractivity contribution in [2.45, 2.75) is 51.4 Å². The molecule has 2 nitrogen and oxygen atoms in total. The Bertz CT molecular complexity index is 683. The number of rotatable bonds is 5. The number of esters is 1. The second-order valence-electron chi connectivity index (χ2n) is 7.05. The molecule has 0 atom stereocenters. The molecule has 2 aromatic rings. The lowest BCUT2D eigenvalue weighted by molar-refractivity contribution is -0.131. The number of benzene rings is 2. The Kier molecular flexibility index (Phi) is 6.30. The molecule has 1 fully saturated rings. The first-order chi connectivity index (χ1) is 12.1. The smallest absolute Gasteiger partial charge is 0.308 e. The number of carbonyl (C=O) groups excluding carboxylic acids is 1. The van der Waals surface area contributed by atoms with Crippen molar-refractivity contribution in [3.8, 4) is 5.75 Å². The molecule has 1 saturated carbocycles. The highest BCUT2D eigenvalue weighted by Crippen LogP contribution is 2.38. The first-order valence-corrected chi connectivity index (χ1v) is 9.92. The van der Waals surface area contributed by atoms with Crippen molar-refractivity contribution in [1.82, 2.24) is 0 Å².